The Balaban J connectivity index is 1.47. The molecule has 0 aliphatic carbocycles. The minimum absolute atomic E-state index is 0.00323. The molecule has 2 aromatic rings. The molecule has 3 rings (SSSR count). The highest BCUT2D eigenvalue weighted by Crippen LogP contribution is 2.21. The molecule has 12 heteroatoms. The van der Waals surface area contributed by atoms with E-state index in [0.29, 0.717) is 5.76 Å². The fraction of sp³-hybridized carbons (Fsp3) is 0.333. The van der Waals surface area contributed by atoms with Gasteiger partial charge in [-0.15, -0.1) is 0 Å². The van der Waals surface area contributed by atoms with E-state index in [2.05, 4.69) is 5.32 Å². The van der Waals surface area contributed by atoms with Gasteiger partial charge in [0.2, 0.25) is 15.9 Å². The van der Waals surface area contributed by atoms with Crippen molar-refractivity contribution in [3.8, 4) is 0 Å². The third-order valence-corrected chi connectivity index (χ3v) is 6.80. The Morgan fingerprint density at radius 2 is 1.88 bits per heavy atom. The molecule has 1 aromatic heterocycles. The van der Waals surface area contributed by atoms with Gasteiger partial charge in [-0.1, -0.05) is 0 Å². The number of likely N-dealkylation sites (tertiary alicyclic amines) is 1. The second kappa shape index (κ2) is 9.96. The van der Waals surface area contributed by atoms with Crippen molar-refractivity contribution in [3.05, 3.63) is 54.0 Å². The molecule has 1 N–H and O–H groups in total. The average molecular weight is 477 g/mol. The number of nitrogens with one attached hydrogen (secondary N) is 1. The number of carbonyl (C=O) groups excluding carboxylic acids is 4. The first-order valence-electron chi connectivity index (χ1n) is 9.91. The Kier molecular flexibility index (Phi) is 7.29. The van der Waals surface area contributed by atoms with E-state index < -0.39 is 40.3 Å². The molecule has 0 bridgehead atoms. The SMILES string of the molecule is CN(C)S(=O)(=O)c1ccc(C(=O)NC(=O)COC(=O)[C@H]2CC(=O)N(Cc3ccco3)C2)cc1. The number of nitrogens with zero attached hydrogens (tertiary/aromatic N) is 2. The monoisotopic (exact) mass is 477 g/mol. The normalized spacial score (nSPS) is 16.2. The fourth-order valence-electron chi connectivity index (χ4n) is 3.15. The highest BCUT2D eigenvalue weighted by atomic mass is 32.2. The average Bonchev–Trinajstić information content (AvgIpc) is 3.42. The summed E-state index contributed by atoms with van der Waals surface area (Å²) in [6.07, 6.45) is 1.45. The Morgan fingerprint density at radius 1 is 1.18 bits per heavy atom. The van der Waals surface area contributed by atoms with E-state index >= 15 is 0 Å². The van der Waals surface area contributed by atoms with Crippen molar-refractivity contribution >= 4 is 33.7 Å². The van der Waals surface area contributed by atoms with Gasteiger partial charge in [0.05, 0.1) is 23.6 Å². The van der Waals surface area contributed by atoms with E-state index in [1.54, 1.807) is 12.1 Å². The number of hydrogen-bond acceptors (Lipinski definition) is 8. The van der Waals surface area contributed by atoms with Crippen LogP contribution in [0.3, 0.4) is 0 Å². The molecule has 3 amide bonds. The second-order valence-electron chi connectivity index (χ2n) is 7.55. The molecule has 1 saturated heterocycles. The summed E-state index contributed by atoms with van der Waals surface area (Å²) in [5.41, 5.74) is 0.0577. The van der Waals surface area contributed by atoms with E-state index in [1.165, 1.54) is 49.5 Å². The summed E-state index contributed by atoms with van der Waals surface area (Å²) < 4.78 is 35.3. The Morgan fingerprint density at radius 3 is 2.48 bits per heavy atom. The van der Waals surface area contributed by atoms with Gasteiger partial charge in [-0.25, -0.2) is 12.7 Å². The number of benzene rings is 1. The Bertz CT molecular complexity index is 1140. The smallest absolute Gasteiger partial charge is 0.311 e. The van der Waals surface area contributed by atoms with Gasteiger partial charge in [-0.2, -0.15) is 0 Å². The summed E-state index contributed by atoms with van der Waals surface area (Å²) in [6, 6.07) is 8.45. The van der Waals surface area contributed by atoms with Crippen molar-refractivity contribution in [1.82, 2.24) is 14.5 Å². The van der Waals surface area contributed by atoms with Gasteiger partial charge in [-0.05, 0) is 36.4 Å². The van der Waals surface area contributed by atoms with Crippen LogP contribution >= 0.6 is 0 Å². The first kappa shape index (κ1) is 24.1. The quantitative estimate of drug-likeness (QED) is 0.538. The number of carbonyl (C=O) groups is 4. The number of rotatable bonds is 8. The van der Waals surface area contributed by atoms with E-state index in [9.17, 15) is 27.6 Å². The van der Waals surface area contributed by atoms with Gasteiger partial charge in [0.15, 0.2) is 6.61 Å². The molecule has 176 valence electrons. The highest BCUT2D eigenvalue weighted by Gasteiger charge is 2.36. The molecular weight excluding hydrogens is 454 g/mol. The van der Waals surface area contributed by atoms with Crippen molar-refractivity contribution in [2.45, 2.75) is 17.9 Å². The fourth-order valence-corrected chi connectivity index (χ4v) is 4.05. The van der Waals surface area contributed by atoms with Gasteiger partial charge in [0.1, 0.15) is 5.76 Å². The van der Waals surface area contributed by atoms with E-state index in [1.807, 2.05) is 0 Å². The van der Waals surface area contributed by atoms with Gasteiger partial charge in [-0.3, -0.25) is 24.5 Å². The Hall–Kier alpha value is -3.51. The molecule has 1 atom stereocenters. The van der Waals surface area contributed by atoms with Crippen LogP contribution in [0.15, 0.2) is 52.0 Å². The highest BCUT2D eigenvalue weighted by molar-refractivity contribution is 7.89. The third-order valence-electron chi connectivity index (χ3n) is 4.97. The minimum atomic E-state index is -3.65. The van der Waals surface area contributed by atoms with Crippen molar-refractivity contribution in [3.63, 3.8) is 0 Å². The van der Waals surface area contributed by atoms with Crippen LogP contribution in [0.4, 0.5) is 0 Å². The lowest BCUT2D eigenvalue weighted by Crippen LogP contribution is -2.35. The zero-order chi connectivity index (χ0) is 24.2. The van der Waals surface area contributed by atoms with Gasteiger partial charge in [0.25, 0.3) is 11.8 Å². The van der Waals surface area contributed by atoms with Gasteiger partial charge < -0.3 is 14.1 Å². The number of amides is 3. The molecule has 0 saturated carbocycles. The van der Waals surface area contributed by atoms with Crippen molar-refractivity contribution in [2.75, 3.05) is 27.2 Å². The number of furan rings is 1. The predicted molar refractivity (Wildman–Crippen MR) is 113 cm³/mol. The van der Waals surface area contributed by atoms with Crippen molar-refractivity contribution in [1.29, 1.82) is 0 Å². The first-order chi connectivity index (χ1) is 15.6. The summed E-state index contributed by atoms with van der Waals surface area (Å²) in [5, 5.41) is 2.07. The van der Waals surface area contributed by atoms with Crippen LogP contribution in [0.1, 0.15) is 22.5 Å². The number of hydrogen-bond donors (Lipinski definition) is 1. The summed E-state index contributed by atoms with van der Waals surface area (Å²) >= 11 is 0. The lowest BCUT2D eigenvalue weighted by molar-refractivity contribution is -0.152. The number of sulfonamides is 1. The number of esters is 1. The molecule has 1 aromatic carbocycles. The summed E-state index contributed by atoms with van der Waals surface area (Å²) in [4.78, 5) is 50.0. The predicted octanol–water partition coefficient (Wildman–Crippen LogP) is 0.378. The second-order valence-corrected chi connectivity index (χ2v) is 9.70. The molecule has 11 nitrogen and oxygen atoms in total. The molecule has 2 heterocycles. The topological polar surface area (TPSA) is 143 Å². The maximum Gasteiger partial charge on any atom is 0.311 e. The number of ether oxygens (including phenoxy) is 1. The maximum absolute atomic E-state index is 12.2. The van der Waals surface area contributed by atoms with E-state index in [4.69, 9.17) is 9.15 Å². The summed E-state index contributed by atoms with van der Waals surface area (Å²) in [6.45, 7) is -0.319. The molecule has 0 spiro atoms. The van der Waals surface area contributed by atoms with Gasteiger partial charge in [0, 0.05) is 32.6 Å². The molecule has 1 aliphatic rings. The van der Waals surface area contributed by atoms with Gasteiger partial charge >= 0.3 is 5.97 Å². The largest absolute Gasteiger partial charge is 0.467 e. The van der Waals surface area contributed by atoms with Crippen LogP contribution in [0.5, 0.6) is 0 Å². The zero-order valence-electron chi connectivity index (χ0n) is 18.0. The molecule has 0 radical (unpaired) electrons. The van der Waals surface area contributed by atoms with Crippen LogP contribution in [-0.2, 0) is 35.7 Å². The van der Waals surface area contributed by atoms with Crippen LogP contribution < -0.4 is 5.32 Å². The van der Waals surface area contributed by atoms with E-state index in [0.717, 1.165) is 4.31 Å². The van der Waals surface area contributed by atoms with Crippen LogP contribution in [0.25, 0.3) is 0 Å². The van der Waals surface area contributed by atoms with Crippen LogP contribution in [0.2, 0.25) is 0 Å². The molecular formula is C21H23N3O8S. The summed E-state index contributed by atoms with van der Waals surface area (Å²) in [5.74, 6) is -2.70. The number of imide groups is 1. The van der Waals surface area contributed by atoms with Crippen LogP contribution in [0, 0.1) is 5.92 Å². The third kappa shape index (κ3) is 5.84. The minimum Gasteiger partial charge on any atom is -0.467 e. The zero-order valence-corrected chi connectivity index (χ0v) is 18.8. The lowest BCUT2D eigenvalue weighted by atomic mass is 10.1. The Labute approximate surface area is 190 Å². The maximum atomic E-state index is 12.2. The van der Waals surface area contributed by atoms with Crippen molar-refractivity contribution < 1.29 is 36.7 Å². The van der Waals surface area contributed by atoms with Crippen molar-refractivity contribution in [2.24, 2.45) is 5.92 Å². The summed E-state index contributed by atoms with van der Waals surface area (Å²) in [7, 11) is -0.881. The first-order valence-corrected chi connectivity index (χ1v) is 11.4. The standard InChI is InChI=1S/C21H23N3O8S/c1-23(2)33(29,30)17-7-5-14(6-8-17)20(27)22-18(25)13-32-21(28)15-10-19(26)24(11-15)12-16-4-3-9-31-16/h3-9,15H,10-13H2,1-2H3,(H,22,25,27)/t15-/m0/s1. The lowest BCUT2D eigenvalue weighted by Gasteiger charge is -2.14. The molecule has 33 heavy (non-hydrogen) atoms. The molecule has 1 fully saturated rings. The van der Waals surface area contributed by atoms with E-state index in [-0.39, 0.29) is 35.9 Å². The molecule has 1 aliphatic heterocycles. The molecule has 0 unspecified atom stereocenters. The van der Waals surface area contributed by atoms with Crippen LogP contribution in [-0.4, -0.2) is 68.6 Å².